The van der Waals surface area contributed by atoms with Crippen LogP contribution in [0, 0.1) is 12.7 Å². The minimum absolute atomic E-state index is 0.106. The van der Waals surface area contributed by atoms with Crippen LogP contribution in [0.5, 0.6) is 0 Å². The van der Waals surface area contributed by atoms with E-state index in [9.17, 15) is 12.8 Å². The van der Waals surface area contributed by atoms with Gasteiger partial charge in [0, 0.05) is 23.0 Å². The Morgan fingerprint density at radius 3 is 2.53 bits per heavy atom. The number of pyridine rings is 1. The molecule has 1 unspecified atom stereocenters. The Bertz CT molecular complexity index is 1230. The molecule has 2 aromatic heterocycles. The summed E-state index contributed by atoms with van der Waals surface area (Å²) < 4.78 is 42.7. The van der Waals surface area contributed by atoms with Crippen LogP contribution in [0.3, 0.4) is 0 Å². The summed E-state index contributed by atoms with van der Waals surface area (Å²) in [6.07, 6.45) is 0.995. The molecule has 0 aliphatic carbocycles. The zero-order valence-electron chi connectivity index (χ0n) is 18.4. The van der Waals surface area contributed by atoms with Gasteiger partial charge < -0.3 is 5.32 Å². The average Bonchev–Trinajstić information content (AvgIpc) is 3.21. The topological polar surface area (TPSA) is 87.2 Å². The van der Waals surface area contributed by atoms with Gasteiger partial charge in [0.05, 0.1) is 16.9 Å². The second-order valence-corrected chi connectivity index (χ2v) is 11.0. The SMILES string of the molecule is Cc1nc(S(=O)(=O)Nc2cscn2)ccc1NC(C)(c1ccccc1F)N1CCC1(C)C. The van der Waals surface area contributed by atoms with Crippen LogP contribution in [0.2, 0.25) is 0 Å². The van der Waals surface area contributed by atoms with Gasteiger partial charge in [0.2, 0.25) is 0 Å². The number of thiazole rings is 1. The van der Waals surface area contributed by atoms with E-state index in [1.165, 1.54) is 23.5 Å². The quantitative estimate of drug-likeness (QED) is 0.521. The Hall–Kier alpha value is -2.56. The van der Waals surface area contributed by atoms with E-state index in [1.807, 2.05) is 13.0 Å². The molecular weight excluding hydrogens is 449 g/mol. The van der Waals surface area contributed by atoms with E-state index in [0.717, 1.165) is 13.0 Å². The maximum absolute atomic E-state index is 14.9. The predicted octanol–water partition coefficient (Wildman–Crippen LogP) is 4.56. The second kappa shape index (κ2) is 8.09. The van der Waals surface area contributed by atoms with Crippen molar-refractivity contribution in [1.82, 2.24) is 14.9 Å². The monoisotopic (exact) mass is 475 g/mol. The molecule has 3 heterocycles. The minimum Gasteiger partial charge on any atom is -0.362 e. The van der Waals surface area contributed by atoms with Crippen molar-refractivity contribution in [2.24, 2.45) is 0 Å². The fraction of sp³-hybridized carbons (Fsp3) is 0.364. The first kappa shape index (κ1) is 22.6. The molecule has 1 aliphatic heterocycles. The van der Waals surface area contributed by atoms with Crippen molar-refractivity contribution in [2.75, 3.05) is 16.6 Å². The Kier molecular flexibility index (Phi) is 5.72. The molecule has 0 amide bonds. The summed E-state index contributed by atoms with van der Waals surface area (Å²) >= 11 is 1.29. The smallest absolute Gasteiger partial charge is 0.280 e. The molecule has 4 rings (SSSR count). The first-order valence-corrected chi connectivity index (χ1v) is 12.7. The normalized spacial score (nSPS) is 17.9. The van der Waals surface area contributed by atoms with Gasteiger partial charge in [0.1, 0.15) is 11.5 Å². The van der Waals surface area contributed by atoms with Crippen LogP contribution in [0.1, 0.15) is 38.4 Å². The number of halogens is 1. The highest BCUT2D eigenvalue weighted by Crippen LogP contribution is 2.43. The molecule has 0 spiro atoms. The molecule has 32 heavy (non-hydrogen) atoms. The van der Waals surface area contributed by atoms with Crippen molar-refractivity contribution in [3.63, 3.8) is 0 Å². The third-order valence-corrected chi connectivity index (χ3v) is 7.84. The molecule has 0 saturated carbocycles. The third-order valence-electron chi connectivity index (χ3n) is 6.00. The van der Waals surface area contributed by atoms with Crippen molar-refractivity contribution in [1.29, 1.82) is 0 Å². The van der Waals surface area contributed by atoms with Crippen molar-refractivity contribution in [3.05, 3.63) is 64.4 Å². The number of hydrogen-bond acceptors (Lipinski definition) is 7. The summed E-state index contributed by atoms with van der Waals surface area (Å²) in [6, 6.07) is 9.82. The highest BCUT2D eigenvalue weighted by molar-refractivity contribution is 7.92. The molecule has 0 bridgehead atoms. The van der Waals surface area contributed by atoms with Crippen LogP contribution in [0.4, 0.5) is 15.9 Å². The molecule has 1 atom stereocenters. The molecule has 1 fully saturated rings. The highest BCUT2D eigenvalue weighted by atomic mass is 32.2. The zero-order chi connectivity index (χ0) is 23.1. The molecule has 170 valence electrons. The maximum atomic E-state index is 14.9. The van der Waals surface area contributed by atoms with Gasteiger partial charge in [-0.05, 0) is 52.3 Å². The van der Waals surface area contributed by atoms with E-state index in [2.05, 4.69) is 38.8 Å². The van der Waals surface area contributed by atoms with Crippen LogP contribution in [0.25, 0.3) is 0 Å². The van der Waals surface area contributed by atoms with E-state index < -0.39 is 15.7 Å². The fourth-order valence-electron chi connectivity index (χ4n) is 4.17. The van der Waals surface area contributed by atoms with E-state index in [0.29, 0.717) is 16.9 Å². The number of sulfonamides is 1. The molecule has 3 aromatic rings. The Balaban J connectivity index is 1.68. The molecule has 1 aromatic carbocycles. The number of aromatic nitrogens is 2. The molecule has 1 aliphatic rings. The largest absolute Gasteiger partial charge is 0.362 e. The van der Waals surface area contributed by atoms with Crippen molar-refractivity contribution < 1.29 is 12.8 Å². The highest BCUT2D eigenvalue weighted by Gasteiger charge is 2.49. The van der Waals surface area contributed by atoms with Gasteiger partial charge in [-0.2, -0.15) is 8.42 Å². The first-order chi connectivity index (χ1) is 15.0. The van der Waals surface area contributed by atoms with Crippen LogP contribution in [0.15, 0.2) is 52.3 Å². The molecule has 0 radical (unpaired) electrons. The zero-order valence-corrected chi connectivity index (χ0v) is 20.0. The minimum atomic E-state index is -3.87. The molecule has 7 nitrogen and oxygen atoms in total. The number of hydrogen-bond donors (Lipinski definition) is 2. The van der Waals surface area contributed by atoms with E-state index in [1.54, 1.807) is 36.0 Å². The lowest BCUT2D eigenvalue weighted by atomic mass is 9.82. The summed E-state index contributed by atoms with van der Waals surface area (Å²) in [5.74, 6) is -0.0497. The van der Waals surface area contributed by atoms with Gasteiger partial charge in [-0.3, -0.25) is 9.62 Å². The van der Waals surface area contributed by atoms with Gasteiger partial charge in [-0.1, -0.05) is 18.2 Å². The number of likely N-dealkylation sites (tertiary alicyclic amines) is 1. The Labute approximate surface area is 191 Å². The van der Waals surface area contributed by atoms with Gasteiger partial charge in [0.25, 0.3) is 10.0 Å². The molecule has 1 saturated heterocycles. The second-order valence-electron chi connectivity index (χ2n) is 8.65. The van der Waals surface area contributed by atoms with Crippen molar-refractivity contribution >= 4 is 32.9 Å². The lowest BCUT2D eigenvalue weighted by Crippen LogP contribution is -2.66. The first-order valence-electron chi connectivity index (χ1n) is 10.2. The third kappa shape index (κ3) is 4.10. The van der Waals surface area contributed by atoms with Crippen LogP contribution in [-0.4, -0.2) is 35.4 Å². The van der Waals surface area contributed by atoms with Gasteiger partial charge in [-0.25, -0.2) is 14.4 Å². The van der Waals surface area contributed by atoms with E-state index in [4.69, 9.17) is 0 Å². The standard InChI is InChI=1S/C22H26FN5O2S2/c1-15-18(9-10-20(25-15)32(29,30)27-19-13-31-14-24-19)26-22(4,28-12-11-21(28,2)3)16-7-5-6-8-17(16)23/h5-10,13-14,26-27H,11-12H2,1-4H3. The van der Waals surface area contributed by atoms with Crippen molar-refractivity contribution in [3.8, 4) is 0 Å². The average molecular weight is 476 g/mol. The van der Waals surface area contributed by atoms with E-state index in [-0.39, 0.29) is 22.2 Å². The summed E-state index contributed by atoms with van der Waals surface area (Å²) in [5, 5.41) is 4.96. The van der Waals surface area contributed by atoms with Gasteiger partial charge in [-0.15, -0.1) is 11.3 Å². The summed E-state index contributed by atoms with van der Waals surface area (Å²) in [4.78, 5) is 10.5. The number of nitrogens with zero attached hydrogens (tertiary/aromatic N) is 3. The van der Waals surface area contributed by atoms with Crippen molar-refractivity contribution in [2.45, 2.75) is 50.3 Å². The van der Waals surface area contributed by atoms with Gasteiger partial charge in [0.15, 0.2) is 10.8 Å². The summed E-state index contributed by atoms with van der Waals surface area (Å²) in [6.45, 7) is 8.74. The van der Waals surface area contributed by atoms with Gasteiger partial charge >= 0.3 is 0 Å². The summed E-state index contributed by atoms with van der Waals surface area (Å²) in [7, 11) is -3.87. The number of nitrogens with one attached hydrogen (secondary N) is 2. The van der Waals surface area contributed by atoms with Crippen LogP contribution in [-0.2, 0) is 15.7 Å². The number of anilines is 2. The van der Waals surface area contributed by atoms with Crippen LogP contribution < -0.4 is 10.0 Å². The van der Waals surface area contributed by atoms with E-state index >= 15 is 0 Å². The Morgan fingerprint density at radius 2 is 1.97 bits per heavy atom. The molecular formula is C22H26FN5O2S2. The number of rotatable bonds is 7. The van der Waals surface area contributed by atoms with Crippen LogP contribution >= 0.6 is 11.3 Å². The maximum Gasteiger partial charge on any atom is 0.280 e. The number of aryl methyl sites for hydroxylation is 1. The fourth-order valence-corrected chi connectivity index (χ4v) is 5.73. The predicted molar refractivity (Wildman–Crippen MR) is 125 cm³/mol. The number of benzene rings is 1. The Morgan fingerprint density at radius 1 is 1.22 bits per heavy atom. The lowest BCUT2D eigenvalue weighted by molar-refractivity contribution is -0.0654. The summed E-state index contributed by atoms with van der Waals surface area (Å²) in [5.41, 5.74) is 2.22. The molecule has 10 heteroatoms. The molecule has 2 N–H and O–H groups in total. The lowest BCUT2D eigenvalue weighted by Gasteiger charge is -2.58.